The Morgan fingerprint density at radius 3 is 2.45 bits per heavy atom. The monoisotopic (exact) mass is 495 g/mol. The number of fused-ring (bicyclic) bond motifs is 2. The molecular formula is C23H30NO7PS. The van der Waals surface area contributed by atoms with Crippen LogP contribution in [-0.4, -0.2) is 40.3 Å². The first-order chi connectivity index (χ1) is 15.6. The van der Waals surface area contributed by atoms with Gasteiger partial charge in [-0.2, -0.15) is 0 Å². The van der Waals surface area contributed by atoms with Crippen LogP contribution >= 0.6 is 19.2 Å². The molecule has 3 aromatic rings. The van der Waals surface area contributed by atoms with Gasteiger partial charge in [0.15, 0.2) is 5.43 Å². The Bertz CT molecular complexity index is 1210. The van der Waals surface area contributed by atoms with E-state index in [-0.39, 0.29) is 11.8 Å². The fraction of sp³-hybridized carbons (Fsp3) is 0.435. The highest BCUT2D eigenvalue weighted by Crippen LogP contribution is 2.37. The zero-order valence-electron chi connectivity index (χ0n) is 18.5. The van der Waals surface area contributed by atoms with E-state index < -0.39 is 26.6 Å². The zero-order valence-corrected chi connectivity index (χ0v) is 20.2. The summed E-state index contributed by atoms with van der Waals surface area (Å²) in [7, 11) is -4.68. The van der Waals surface area contributed by atoms with Crippen molar-refractivity contribution in [2.75, 3.05) is 19.8 Å². The molecule has 0 saturated carbocycles. The minimum Gasteiger partial charge on any atom is -0.494 e. The number of benzene rings is 2. The van der Waals surface area contributed by atoms with Crippen LogP contribution in [0.15, 0.2) is 41.2 Å². The summed E-state index contributed by atoms with van der Waals surface area (Å²) in [5, 5.41) is 10.9. The van der Waals surface area contributed by atoms with Gasteiger partial charge in [0.05, 0.1) is 25.4 Å². The molecule has 1 aromatic heterocycles. The summed E-state index contributed by atoms with van der Waals surface area (Å²) >= 11 is 1.50. The third-order valence-electron chi connectivity index (χ3n) is 5.47. The van der Waals surface area contributed by atoms with Gasteiger partial charge in [0.1, 0.15) is 5.75 Å². The number of unbranched alkanes of at least 4 members (excludes halogenated alkanes) is 2. The van der Waals surface area contributed by atoms with E-state index in [1.807, 2.05) is 30.3 Å². The summed E-state index contributed by atoms with van der Waals surface area (Å²) in [6.07, 6.45) is 3.91. The molecule has 1 heterocycles. The van der Waals surface area contributed by atoms with E-state index in [9.17, 15) is 14.5 Å². The van der Waals surface area contributed by atoms with Gasteiger partial charge in [0, 0.05) is 20.2 Å². The minimum absolute atomic E-state index is 0.0404. The first-order valence-corrected chi connectivity index (χ1v) is 13.2. The molecule has 0 saturated heterocycles. The number of phosphoric acid groups is 1. The maximum atomic E-state index is 13.0. The molecular weight excluding hydrogens is 465 g/mol. The topological polar surface area (TPSA) is 139 Å². The van der Waals surface area contributed by atoms with Crippen LogP contribution < -0.4 is 15.9 Å². The summed E-state index contributed by atoms with van der Waals surface area (Å²) < 4.78 is 22.9. The summed E-state index contributed by atoms with van der Waals surface area (Å²) in [5.74, 6) is 0.741. The Kier molecular flexibility index (Phi) is 8.64. The van der Waals surface area contributed by atoms with Crippen LogP contribution in [0.25, 0.3) is 20.2 Å². The van der Waals surface area contributed by atoms with Crippen LogP contribution in [0.5, 0.6) is 5.75 Å². The number of aliphatic hydroxyl groups excluding tert-OH is 1. The van der Waals surface area contributed by atoms with Gasteiger partial charge in [-0.25, -0.2) is 4.57 Å². The number of ether oxygens (including phenoxy) is 1. The fourth-order valence-electron chi connectivity index (χ4n) is 3.47. The molecule has 5 N–H and O–H groups in total. The van der Waals surface area contributed by atoms with Crippen LogP contribution in [-0.2, 0) is 15.5 Å². The summed E-state index contributed by atoms with van der Waals surface area (Å²) in [6, 6.07) is 11.1. The number of rotatable bonds is 12. The van der Waals surface area contributed by atoms with Gasteiger partial charge < -0.3 is 25.4 Å². The number of phosphoric ester groups is 1. The predicted octanol–water partition coefficient (Wildman–Crippen LogP) is 3.72. The Balaban J connectivity index is 1.81. The van der Waals surface area contributed by atoms with Crippen molar-refractivity contribution >= 4 is 39.3 Å². The average Bonchev–Trinajstić information content (AvgIpc) is 2.78. The largest absolute Gasteiger partial charge is 0.494 e. The lowest BCUT2D eigenvalue weighted by Crippen LogP contribution is -2.48. The molecule has 8 nitrogen and oxygen atoms in total. The molecule has 33 heavy (non-hydrogen) atoms. The number of aryl methyl sites for hydroxylation is 1. The van der Waals surface area contributed by atoms with Gasteiger partial charge in [-0.15, -0.1) is 11.3 Å². The van der Waals surface area contributed by atoms with Crippen LogP contribution in [0.2, 0.25) is 0 Å². The molecule has 0 aliphatic heterocycles. The minimum atomic E-state index is -4.68. The molecule has 1 atom stereocenters. The van der Waals surface area contributed by atoms with Gasteiger partial charge >= 0.3 is 7.82 Å². The van der Waals surface area contributed by atoms with Crippen molar-refractivity contribution in [1.29, 1.82) is 0 Å². The Morgan fingerprint density at radius 1 is 1.09 bits per heavy atom. The zero-order chi connectivity index (χ0) is 24.1. The first-order valence-electron chi connectivity index (χ1n) is 10.9. The number of nitrogens with two attached hydrogens (primary N) is 1. The van der Waals surface area contributed by atoms with Crippen molar-refractivity contribution in [2.45, 2.75) is 44.6 Å². The van der Waals surface area contributed by atoms with E-state index in [4.69, 9.17) is 20.3 Å². The van der Waals surface area contributed by atoms with Crippen molar-refractivity contribution in [2.24, 2.45) is 5.73 Å². The lowest BCUT2D eigenvalue weighted by atomic mass is 9.94. The molecule has 0 spiro atoms. The molecule has 2 aromatic carbocycles. The van der Waals surface area contributed by atoms with Gasteiger partial charge in [-0.1, -0.05) is 25.8 Å². The third-order valence-corrected chi connectivity index (χ3v) is 7.05. The van der Waals surface area contributed by atoms with Gasteiger partial charge in [-0.3, -0.25) is 9.32 Å². The summed E-state index contributed by atoms with van der Waals surface area (Å²) in [5.41, 5.74) is 5.62. The molecule has 0 bridgehead atoms. The van der Waals surface area contributed by atoms with E-state index >= 15 is 0 Å². The second-order valence-corrected chi connectivity index (χ2v) is 10.6. The molecule has 0 amide bonds. The molecule has 3 rings (SSSR count). The smallest absolute Gasteiger partial charge is 0.469 e. The van der Waals surface area contributed by atoms with E-state index in [1.54, 1.807) is 6.07 Å². The van der Waals surface area contributed by atoms with E-state index in [0.717, 1.165) is 40.0 Å². The van der Waals surface area contributed by atoms with Gasteiger partial charge in [0.2, 0.25) is 0 Å². The van der Waals surface area contributed by atoms with E-state index in [1.165, 1.54) is 11.3 Å². The number of aliphatic hydroxyl groups is 1. The maximum absolute atomic E-state index is 13.0. The SMILES string of the molecule is CCCCCOc1ccc2c(=O)c3ccc(CCC(N)(CO)COP(=O)(O)O)cc3sc2c1. The predicted molar refractivity (Wildman–Crippen MR) is 131 cm³/mol. The Morgan fingerprint density at radius 2 is 1.79 bits per heavy atom. The number of hydrogen-bond donors (Lipinski definition) is 4. The average molecular weight is 496 g/mol. The van der Waals surface area contributed by atoms with Crippen molar-refractivity contribution < 1.29 is 28.7 Å². The summed E-state index contributed by atoms with van der Waals surface area (Å²) in [6.45, 7) is 1.82. The standard InChI is InChI=1S/C23H30NO7PS/c1-2-3-4-11-30-17-6-8-19-21(13-17)33-20-12-16(5-7-18(20)22(19)26)9-10-23(24,14-25)15-31-32(27,28)29/h5-8,12-13,25H,2-4,9-11,14-15,24H2,1H3,(H2,27,28,29). The third kappa shape index (κ3) is 7.07. The molecule has 0 aliphatic carbocycles. The summed E-state index contributed by atoms with van der Waals surface area (Å²) in [4.78, 5) is 30.8. The highest BCUT2D eigenvalue weighted by molar-refractivity contribution is 7.46. The van der Waals surface area contributed by atoms with Crippen molar-refractivity contribution in [3.05, 3.63) is 52.2 Å². The lowest BCUT2D eigenvalue weighted by Gasteiger charge is -2.27. The van der Waals surface area contributed by atoms with Crippen LogP contribution in [0, 0.1) is 0 Å². The normalized spacial score (nSPS) is 14.0. The second kappa shape index (κ2) is 11.1. The maximum Gasteiger partial charge on any atom is 0.469 e. The van der Waals surface area contributed by atoms with Crippen LogP contribution in [0.1, 0.15) is 38.2 Å². The molecule has 0 radical (unpaired) electrons. The molecule has 0 fully saturated rings. The Hall–Kier alpha value is -1.84. The van der Waals surface area contributed by atoms with Gasteiger partial charge in [-0.05, 0) is 55.2 Å². The van der Waals surface area contributed by atoms with Crippen molar-refractivity contribution in [3.8, 4) is 5.75 Å². The highest BCUT2D eigenvalue weighted by Gasteiger charge is 2.28. The molecule has 0 aliphatic rings. The Labute approximate surface area is 196 Å². The van der Waals surface area contributed by atoms with Crippen LogP contribution in [0.4, 0.5) is 0 Å². The molecule has 10 heteroatoms. The van der Waals surface area contributed by atoms with E-state index in [0.29, 0.717) is 23.8 Å². The highest BCUT2D eigenvalue weighted by atomic mass is 32.1. The first kappa shape index (κ1) is 25.8. The fourth-order valence-corrected chi connectivity index (χ4v) is 5.06. The van der Waals surface area contributed by atoms with Crippen molar-refractivity contribution in [1.82, 2.24) is 0 Å². The lowest BCUT2D eigenvalue weighted by molar-refractivity contribution is 0.102. The second-order valence-electron chi connectivity index (χ2n) is 8.26. The van der Waals surface area contributed by atoms with Crippen molar-refractivity contribution in [3.63, 3.8) is 0 Å². The number of hydrogen-bond acceptors (Lipinski definition) is 7. The molecule has 1 unspecified atom stereocenters. The van der Waals surface area contributed by atoms with E-state index in [2.05, 4.69) is 11.4 Å². The quantitative estimate of drug-likeness (QED) is 0.169. The van der Waals surface area contributed by atoms with Crippen LogP contribution in [0.3, 0.4) is 0 Å². The molecule has 180 valence electrons. The van der Waals surface area contributed by atoms with Gasteiger partial charge in [0.25, 0.3) is 0 Å².